The number of nitrogens with one attached hydrogen (secondary N) is 3. The van der Waals surface area contributed by atoms with Gasteiger partial charge in [-0.1, -0.05) is 25.5 Å². The number of phenolic OH excluding ortho intramolecular Hbond substituents is 1. The lowest BCUT2D eigenvalue weighted by Crippen LogP contribution is -2.41. The Morgan fingerprint density at radius 2 is 1.03 bits per heavy atom. The summed E-state index contributed by atoms with van der Waals surface area (Å²) in [5, 5.41) is 27.1. The number of rotatable bonds is 46. The van der Waals surface area contributed by atoms with Crippen LogP contribution in [0.3, 0.4) is 0 Å². The third-order valence-electron chi connectivity index (χ3n) is 10.5. The molecule has 0 aliphatic carbocycles. The Balaban J connectivity index is 2.09. The zero-order chi connectivity index (χ0) is 55.7. The van der Waals surface area contributed by atoms with E-state index >= 15 is 0 Å². The minimum absolute atomic E-state index is 0.0384. The number of carboxylic acids is 1. The second kappa shape index (κ2) is 41.4. The van der Waals surface area contributed by atoms with Crippen molar-refractivity contribution in [1.29, 1.82) is 0 Å². The fraction of sp³-hybridized carbons (Fsp3) is 0.755. The van der Waals surface area contributed by atoms with Gasteiger partial charge in [-0.3, -0.25) is 24.0 Å². The summed E-state index contributed by atoms with van der Waals surface area (Å²) in [6.45, 7) is 17.9. The maximum atomic E-state index is 13.2. The van der Waals surface area contributed by atoms with Crippen LogP contribution in [0.15, 0.2) is 24.3 Å². The lowest BCUT2D eigenvalue weighted by Gasteiger charge is -2.20. The molecule has 0 bridgehead atoms. The molecule has 0 fully saturated rings. The molecule has 1 aromatic carbocycles. The number of carboxylic acid groups (broad SMARTS) is 1. The van der Waals surface area contributed by atoms with E-state index in [1.807, 2.05) is 27.7 Å². The van der Waals surface area contributed by atoms with Gasteiger partial charge in [0.05, 0.1) is 105 Å². The second-order valence-corrected chi connectivity index (χ2v) is 19.6. The number of alkyl carbamates (subject to hydrolysis) is 1. The zero-order valence-electron chi connectivity index (χ0n) is 45.7. The van der Waals surface area contributed by atoms with E-state index in [0.29, 0.717) is 77.8 Å². The number of phenols is 1. The van der Waals surface area contributed by atoms with Gasteiger partial charge >= 0.3 is 18.0 Å². The number of hydrogen-bond donors (Lipinski definition) is 5. The van der Waals surface area contributed by atoms with Crippen LogP contribution >= 0.6 is 0 Å². The molecule has 0 spiro atoms. The highest BCUT2D eigenvalue weighted by Gasteiger charge is 2.25. The molecule has 430 valence electrons. The molecule has 3 atom stereocenters. The van der Waals surface area contributed by atoms with Crippen molar-refractivity contribution < 1.29 is 91.1 Å². The summed E-state index contributed by atoms with van der Waals surface area (Å²) >= 11 is 0. The first-order valence-electron chi connectivity index (χ1n) is 26.1. The highest BCUT2D eigenvalue weighted by atomic mass is 16.6. The van der Waals surface area contributed by atoms with E-state index in [1.54, 1.807) is 32.9 Å². The lowest BCUT2D eigenvalue weighted by molar-refractivity contribution is -0.155. The average molecular weight is 1070 g/mol. The molecule has 1 rings (SSSR count). The van der Waals surface area contributed by atoms with Gasteiger partial charge in [-0.2, -0.15) is 0 Å². The van der Waals surface area contributed by atoms with E-state index < -0.39 is 47.1 Å². The summed E-state index contributed by atoms with van der Waals surface area (Å²) in [6.07, 6.45) is 2.81. The number of ether oxygens (including phenoxy) is 10. The number of esters is 1. The molecule has 0 aromatic heterocycles. The third kappa shape index (κ3) is 40.2. The number of carbonyl (C=O) groups excluding carboxylic acids is 6. The SMILES string of the molecule is CC(CCCCNC(=O)OC(C)(C)C)C(=O)CCCOCCOCCOCCOCCC(=O)CC(C(=O)NCCOCCOCCOCCOCCC(=O)NC(CCC(=O)OC(C)(C)C)C(=O)O)c1ccc(O)cc1. The number of aliphatic carboxylic acids is 1. The summed E-state index contributed by atoms with van der Waals surface area (Å²) in [5.74, 6) is -3.39. The summed E-state index contributed by atoms with van der Waals surface area (Å²) in [4.78, 5) is 85.8. The monoisotopic (exact) mass is 1070 g/mol. The molecule has 3 amide bonds. The molecule has 0 saturated carbocycles. The number of Topliss-reactive ketones (excluding diaryl/α,β-unsaturated/α-hetero) is 2. The van der Waals surface area contributed by atoms with Crippen LogP contribution in [0.5, 0.6) is 5.75 Å². The summed E-state index contributed by atoms with van der Waals surface area (Å²) in [6, 6.07) is 4.92. The van der Waals surface area contributed by atoms with Crippen molar-refractivity contribution in [3.8, 4) is 5.75 Å². The molecule has 0 aliphatic rings. The van der Waals surface area contributed by atoms with Crippen LogP contribution in [0.4, 0.5) is 4.79 Å². The van der Waals surface area contributed by atoms with Crippen LogP contribution < -0.4 is 16.0 Å². The van der Waals surface area contributed by atoms with Crippen LogP contribution in [-0.2, 0) is 76.1 Å². The highest BCUT2D eigenvalue weighted by molar-refractivity contribution is 5.90. The number of carbonyl (C=O) groups is 7. The molecule has 75 heavy (non-hydrogen) atoms. The van der Waals surface area contributed by atoms with Crippen LogP contribution in [0.1, 0.15) is 124 Å². The van der Waals surface area contributed by atoms with Crippen molar-refractivity contribution in [3.05, 3.63) is 29.8 Å². The van der Waals surface area contributed by atoms with E-state index in [1.165, 1.54) is 12.1 Å². The Morgan fingerprint density at radius 3 is 1.55 bits per heavy atom. The van der Waals surface area contributed by atoms with Gasteiger partial charge in [-0.25, -0.2) is 9.59 Å². The number of benzene rings is 1. The van der Waals surface area contributed by atoms with Crippen molar-refractivity contribution in [2.45, 2.75) is 136 Å². The fourth-order valence-corrected chi connectivity index (χ4v) is 6.66. The Labute approximate surface area is 443 Å². The second-order valence-electron chi connectivity index (χ2n) is 19.6. The Bertz CT molecular complexity index is 1750. The molecular weight excluding hydrogens is 983 g/mol. The molecule has 0 heterocycles. The molecular formula is C53H89N3O19. The van der Waals surface area contributed by atoms with Crippen LogP contribution in [0.25, 0.3) is 0 Å². The number of ketones is 2. The summed E-state index contributed by atoms with van der Waals surface area (Å²) < 4.78 is 54.5. The molecule has 22 nitrogen and oxygen atoms in total. The van der Waals surface area contributed by atoms with Gasteiger partial charge in [0.15, 0.2) is 0 Å². The zero-order valence-corrected chi connectivity index (χ0v) is 45.7. The van der Waals surface area contributed by atoms with Gasteiger partial charge < -0.3 is 73.5 Å². The summed E-state index contributed by atoms with van der Waals surface area (Å²) in [7, 11) is 0. The predicted molar refractivity (Wildman–Crippen MR) is 275 cm³/mol. The maximum absolute atomic E-state index is 13.2. The molecule has 5 N–H and O–H groups in total. The van der Waals surface area contributed by atoms with E-state index in [9.17, 15) is 43.8 Å². The van der Waals surface area contributed by atoms with Crippen LogP contribution in [0.2, 0.25) is 0 Å². The van der Waals surface area contributed by atoms with Gasteiger partial charge in [0.25, 0.3) is 0 Å². The first kappa shape index (κ1) is 68.2. The standard InChI is InChI=1S/C53H89N3O19/c1-40(11-8-9-21-55-51(65)75-53(5,6)7)46(59)12-10-23-66-27-31-70-35-36-71-32-28-67-24-19-43(58)39-44(41-13-15-42(57)16-14-41)49(62)54-22-26-69-30-34-73-38-37-72-33-29-68-25-20-47(60)56-45(50(63)64)17-18-48(61)74-52(2,3)4/h13-16,40,44-45,57H,8-12,17-39H2,1-7H3,(H,54,62)(H,55,65)(H,56,60)(H,63,64). The number of aromatic hydroxyl groups is 1. The smallest absolute Gasteiger partial charge is 0.407 e. The van der Waals surface area contributed by atoms with Gasteiger partial charge in [-0.15, -0.1) is 0 Å². The highest BCUT2D eigenvalue weighted by Crippen LogP contribution is 2.23. The van der Waals surface area contributed by atoms with Crippen molar-refractivity contribution in [2.75, 3.05) is 119 Å². The Kier molecular flexibility index (Phi) is 37.6. The van der Waals surface area contributed by atoms with E-state index in [2.05, 4.69) is 16.0 Å². The minimum Gasteiger partial charge on any atom is -0.508 e. The summed E-state index contributed by atoms with van der Waals surface area (Å²) in [5.41, 5.74) is -0.638. The number of unbranched alkanes of at least 4 members (excludes halogenated alkanes) is 1. The minimum atomic E-state index is -1.25. The number of amides is 3. The lowest BCUT2D eigenvalue weighted by atomic mass is 9.92. The number of hydrogen-bond acceptors (Lipinski definition) is 18. The predicted octanol–water partition coefficient (Wildman–Crippen LogP) is 4.84. The molecule has 0 radical (unpaired) electrons. The van der Waals surface area contributed by atoms with Crippen molar-refractivity contribution in [1.82, 2.24) is 16.0 Å². The van der Waals surface area contributed by atoms with E-state index in [4.69, 9.17) is 47.4 Å². The molecule has 22 heteroatoms. The molecule has 1 aromatic rings. The largest absolute Gasteiger partial charge is 0.508 e. The van der Waals surface area contributed by atoms with Crippen LogP contribution in [-0.4, -0.2) is 188 Å². The van der Waals surface area contributed by atoms with Gasteiger partial charge in [-0.05, 0) is 84.9 Å². The molecule has 3 unspecified atom stereocenters. The maximum Gasteiger partial charge on any atom is 0.407 e. The van der Waals surface area contributed by atoms with Crippen molar-refractivity contribution in [2.24, 2.45) is 5.92 Å². The Morgan fingerprint density at radius 1 is 0.533 bits per heavy atom. The van der Waals surface area contributed by atoms with Crippen molar-refractivity contribution in [3.63, 3.8) is 0 Å². The Hall–Kier alpha value is -4.81. The normalized spacial score (nSPS) is 12.8. The first-order chi connectivity index (χ1) is 35.7. The van der Waals surface area contributed by atoms with Crippen LogP contribution in [0, 0.1) is 5.92 Å². The fourth-order valence-electron chi connectivity index (χ4n) is 6.66. The van der Waals surface area contributed by atoms with E-state index in [0.717, 1.165) is 19.3 Å². The molecule has 0 aliphatic heterocycles. The van der Waals surface area contributed by atoms with Gasteiger partial charge in [0, 0.05) is 57.7 Å². The topological polar surface area (TPSA) is 288 Å². The third-order valence-corrected chi connectivity index (χ3v) is 10.5. The van der Waals surface area contributed by atoms with Gasteiger partial charge in [0.2, 0.25) is 11.8 Å². The molecule has 0 saturated heterocycles. The van der Waals surface area contributed by atoms with E-state index in [-0.39, 0.29) is 121 Å². The van der Waals surface area contributed by atoms with Gasteiger partial charge in [0.1, 0.15) is 34.6 Å². The first-order valence-corrected chi connectivity index (χ1v) is 26.1. The van der Waals surface area contributed by atoms with Crippen molar-refractivity contribution >= 4 is 41.4 Å². The average Bonchev–Trinajstić information content (AvgIpc) is 3.33. The quantitative estimate of drug-likeness (QED) is 0.0431.